The normalized spacial score (nSPS) is 13.1. The van der Waals surface area contributed by atoms with Gasteiger partial charge in [0.2, 0.25) is 5.91 Å². The van der Waals surface area contributed by atoms with Crippen LogP contribution in [0.25, 0.3) is 6.08 Å². The van der Waals surface area contributed by atoms with Gasteiger partial charge in [-0.15, -0.1) is 0 Å². The van der Waals surface area contributed by atoms with Crippen LogP contribution in [0.5, 0.6) is 11.5 Å². The lowest BCUT2D eigenvalue weighted by molar-refractivity contribution is -0.119. The molecule has 0 aliphatic carbocycles. The van der Waals surface area contributed by atoms with E-state index in [9.17, 15) is 9.59 Å². The summed E-state index contributed by atoms with van der Waals surface area (Å²) >= 11 is 0. The summed E-state index contributed by atoms with van der Waals surface area (Å²) in [7, 11) is 1.55. The van der Waals surface area contributed by atoms with Crippen molar-refractivity contribution >= 4 is 29.3 Å². The number of hydrogen-bond donors (Lipinski definition) is 1. The van der Waals surface area contributed by atoms with Crippen molar-refractivity contribution < 1.29 is 19.1 Å². The lowest BCUT2D eigenvalue weighted by atomic mass is 10.1. The van der Waals surface area contributed by atoms with Crippen molar-refractivity contribution in [2.75, 3.05) is 30.5 Å². The number of benzene rings is 2. The first-order chi connectivity index (χ1) is 13.1. The van der Waals surface area contributed by atoms with Gasteiger partial charge >= 0.3 is 0 Å². The molecule has 27 heavy (non-hydrogen) atoms. The second-order valence-corrected chi connectivity index (χ2v) is 5.83. The van der Waals surface area contributed by atoms with Crippen LogP contribution in [0.3, 0.4) is 0 Å². The first-order valence-electron chi connectivity index (χ1n) is 8.42. The molecule has 0 bridgehead atoms. The Labute approximate surface area is 157 Å². The zero-order chi connectivity index (χ0) is 19.2. The van der Waals surface area contributed by atoms with E-state index in [1.54, 1.807) is 43.5 Å². The average molecular weight is 364 g/mol. The van der Waals surface area contributed by atoms with Crippen LogP contribution in [-0.2, 0) is 9.59 Å². The molecular formula is C21H20N2O4. The standard InChI is InChI=1S/C21H20N2O4/c1-3-12-27-18-10-8-15(13-19(18)26-2)9-11-21(25)23-14-20(24)22-16-6-4-5-7-17(16)23/h3-11,13H,1,12,14H2,2H3,(H,22,24)/b11-9+. The number of nitrogens with zero attached hydrogens (tertiary/aromatic N) is 1. The number of carbonyl (C=O) groups excluding carboxylic acids is 2. The zero-order valence-corrected chi connectivity index (χ0v) is 15.0. The number of methoxy groups -OCH3 is 1. The van der Waals surface area contributed by atoms with E-state index in [2.05, 4.69) is 11.9 Å². The van der Waals surface area contributed by atoms with Crippen LogP contribution in [0.1, 0.15) is 5.56 Å². The molecule has 0 unspecified atom stereocenters. The highest BCUT2D eigenvalue weighted by Gasteiger charge is 2.25. The first kappa shape index (κ1) is 18.3. The van der Waals surface area contributed by atoms with Gasteiger partial charge in [0.05, 0.1) is 18.5 Å². The number of rotatable bonds is 6. The van der Waals surface area contributed by atoms with Crippen LogP contribution in [0, 0.1) is 0 Å². The Hall–Kier alpha value is -3.54. The lowest BCUT2D eigenvalue weighted by Gasteiger charge is -2.28. The number of nitrogens with one attached hydrogen (secondary N) is 1. The Morgan fingerprint density at radius 1 is 1.26 bits per heavy atom. The predicted octanol–water partition coefficient (Wildman–Crippen LogP) is 3.26. The highest BCUT2D eigenvalue weighted by molar-refractivity contribution is 6.13. The van der Waals surface area contributed by atoms with Crippen LogP contribution in [0.15, 0.2) is 61.2 Å². The minimum atomic E-state index is -0.275. The van der Waals surface area contributed by atoms with E-state index in [0.717, 1.165) is 5.56 Å². The predicted molar refractivity (Wildman–Crippen MR) is 105 cm³/mol. The molecule has 0 aromatic heterocycles. The lowest BCUT2D eigenvalue weighted by Crippen LogP contribution is -2.41. The van der Waals surface area contributed by atoms with E-state index in [4.69, 9.17) is 9.47 Å². The summed E-state index contributed by atoms with van der Waals surface area (Å²) in [4.78, 5) is 25.9. The Bertz CT molecular complexity index is 905. The molecule has 3 rings (SSSR count). The van der Waals surface area contributed by atoms with E-state index in [-0.39, 0.29) is 18.4 Å². The molecule has 2 aromatic rings. The van der Waals surface area contributed by atoms with Crippen molar-refractivity contribution in [1.82, 2.24) is 0 Å². The van der Waals surface area contributed by atoms with Gasteiger partial charge in [-0.05, 0) is 35.9 Å². The molecule has 0 radical (unpaired) electrons. The molecule has 0 spiro atoms. The fourth-order valence-corrected chi connectivity index (χ4v) is 2.74. The average Bonchev–Trinajstić information content (AvgIpc) is 2.69. The maximum Gasteiger partial charge on any atom is 0.251 e. The Balaban J connectivity index is 1.79. The summed E-state index contributed by atoms with van der Waals surface area (Å²) in [5.41, 5.74) is 2.08. The van der Waals surface area contributed by atoms with Crippen LogP contribution in [0.2, 0.25) is 0 Å². The second-order valence-electron chi connectivity index (χ2n) is 5.83. The maximum absolute atomic E-state index is 12.6. The number of carbonyl (C=O) groups is 2. The molecule has 6 heteroatoms. The summed E-state index contributed by atoms with van der Waals surface area (Å²) in [5, 5.41) is 2.76. The van der Waals surface area contributed by atoms with Crippen molar-refractivity contribution in [2.24, 2.45) is 0 Å². The van der Waals surface area contributed by atoms with Gasteiger partial charge in [0.15, 0.2) is 11.5 Å². The molecule has 0 saturated heterocycles. The third kappa shape index (κ3) is 4.17. The fourth-order valence-electron chi connectivity index (χ4n) is 2.74. The molecular weight excluding hydrogens is 344 g/mol. The number of amides is 2. The third-order valence-corrected chi connectivity index (χ3v) is 4.00. The van der Waals surface area contributed by atoms with Gasteiger partial charge < -0.3 is 14.8 Å². The van der Waals surface area contributed by atoms with Gasteiger partial charge in [0.1, 0.15) is 13.2 Å². The van der Waals surface area contributed by atoms with Gasteiger partial charge in [0, 0.05) is 6.08 Å². The van der Waals surface area contributed by atoms with Crippen LogP contribution >= 0.6 is 0 Å². The molecule has 0 saturated carbocycles. The molecule has 2 amide bonds. The molecule has 6 nitrogen and oxygen atoms in total. The summed E-state index contributed by atoms with van der Waals surface area (Å²) in [6.45, 7) is 3.98. The molecule has 0 atom stereocenters. The Morgan fingerprint density at radius 3 is 2.85 bits per heavy atom. The Kier molecular flexibility index (Phi) is 5.56. The minimum Gasteiger partial charge on any atom is -0.493 e. The number of hydrogen-bond acceptors (Lipinski definition) is 4. The monoisotopic (exact) mass is 364 g/mol. The summed E-state index contributed by atoms with van der Waals surface area (Å²) in [6, 6.07) is 12.6. The maximum atomic E-state index is 12.6. The second kappa shape index (κ2) is 8.23. The summed E-state index contributed by atoms with van der Waals surface area (Å²) in [5.74, 6) is 0.667. The number of fused-ring (bicyclic) bond motifs is 1. The van der Waals surface area contributed by atoms with Crippen molar-refractivity contribution in [1.29, 1.82) is 0 Å². The van der Waals surface area contributed by atoms with Crippen molar-refractivity contribution in [3.63, 3.8) is 0 Å². The fraction of sp³-hybridized carbons (Fsp3) is 0.143. The van der Waals surface area contributed by atoms with Crippen molar-refractivity contribution in [2.45, 2.75) is 0 Å². The van der Waals surface area contributed by atoms with E-state index in [1.165, 1.54) is 11.0 Å². The minimum absolute atomic E-state index is 0.0160. The van der Waals surface area contributed by atoms with Crippen LogP contribution in [0.4, 0.5) is 11.4 Å². The largest absolute Gasteiger partial charge is 0.493 e. The van der Waals surface area contributed by atoms with Crippen molar-refractivity contribution in [3.8, 4) is 11.5 Å². The molecule has 1 N–H and O–H groups in total. The van der Waals surface area contributed by atoms with E-state index in [0.29, 0.717) is 29.5 Å². The van der Waals surface area contributed by atoms with E-state index < -0.39 is 0 Å². The highest BCUT2D eigenvalue weighted by Crippen LogP contribution is 2.30. The molecule has 1 heterocycles. The van der Waals surface area contributed by atoms with Crippen LogP contribution < -0.4 is 19.7 Å². The molecule has 0 fully saturated rings. The van der Waals surface area contributed by atoms with Gasteiger partial charge in [-0.1, -0.05) is 30.9 Å². The molecule has 138 valence electrons. The van der Waals surface area contributed by atoms with Gasteiger partial charge in [-0.3, -0.25) is 14.5 Å². The van der Waals surface area contributed by atoms with Gasteiger partial charge in [-0.25, -0.2) is 0 Å². The van der Waals surface area contributed by atoms with E-state index >= 15 is 0 Å². The van der Waals surface area contributed by atoms with Gasteiger partial charge in [-0.2, -0.15) is 0 Å². The highest BCUT2D eigenvalue weighted by atomic mass is 16.5. The summed E-state index contributed by atoms with van der Waals surface area (Å²) < 4.78 is 10.8. The zero-order valence-electron chi connectivity index (χ0n) is 15.0. The van der Waals surface area contributed by atoms with Crippen molar-refractivity contribution in [3.05, 3.63) is 66.8 Å². The van der Waals surface area contributed by atoms with E-state index in [1.807, 2.05) is 18.2 Å². The number of ether oxygens (including phenoxy) is 2. The Morgan fingerprint density at radius 2 is 2.07 bits per heavy atom. The third-order valence-electron chi connectivity index (χ3n) is 4.00. The van der Waals surface area contributed by atoms with Crippen LogP contribution in [-0.4, -0.2) is 32.1 Å². The number of anilines is 2. The first-order valence-corrected chi connectivity index (χ1v) is 8.42. The molecule has 1 aliphatic heterocycles. The smallest absolute Gasteiger partial charge is 0.251 e. The SMILES string of the molecule is C=CCOc1ccc(/C=C/C(=O)N2CC(=O)Nc3ccccc32)cc1OC. The quantitative estimate of drug-likeness (QED) is 0.631. The molecule has 1 aliphatic rings. The summed E-state index contributed by atoms with van der Waals surface area (Å²) in [6.07, 6.45) is 4.77. The topological polar surface area (TPSA) is 67.9 Å². The molecule has 2 aromatic carbocycles. The number of para-hydroxylation sites is 2. The van der Waals surface area contributed by atoms with Gasteiger partial charge in [0.25, 0.3) is 5.91 Å².